The second-order valence-corrected chi connectivity index (χ2v) is 6.61. The molecule has 4 rings (SSSR count). The first kappa shape index (κ1) is 18.0. The van der Waals surface area contributed by atoms with E-state index in [1.807, 2.05) is 42.5 Å². The highest BCUT2D eigenvalue weighted by Crippen LogP contribution is 2.29. The number of rotatable bonds is 7. The Kier molecular flexibility index (Phi) is 5.21. The normalized spacial score (nSPS) is 12.1. The van der Waals surface area contributed by atoms with Crippen LogP contribution in [0.15, 0.2) is 67.0 Å². The Morgan fingerprint density at radius 2 is 1.86 bits per heavy atom. The van der Waals surface area contributed by atoms with E-state index in [9.17, 15) is 0 Å². The van der Waals surface area contributed by atoms with Crippen LogP contribution in [0.2, 0.25) is 0 Å². The van der Waals surface area contributed by atoms with Crippen LogP contribution in [-0.4, -0.2) is 28.1 Å². The van der Waals surface area contributed by atoms with Crippen molar-refractivity contribution in [2.45, 2.75) is 13.0 Å². The van der Waals surface area contributed by atoms with E-state index in [1.54, 1.807) is 6.33 Å². The molecule has 142 valence electrons. The van der Waals surface area contributed by atoms with Crippen LogP contribution in [0.5, 0.6) is 5.75 Å². The van der Waals surface area contributed by atoms with Crippen LogP contribution in [0.4, 0.5) is 5.82 Å². The Morgan fingerprint density at radius 3 is 2.61 bits per heavy atom. The molecule has 0 unspecified atom stereocenters. The summed E-state index contributed by atoms with van der Waals surface area (Å²) < 4.78 is 5.54. The van der Waals surface area contributed by atoms with Crippen molar-refractivity contribution in [2.75, 3.05) is 18.5 Å². The zero-order chi connectivity index (χ0) is 19.3. The van der Waals surface area contributed by atoms with E-state index >= 15 is 0 Å². The van der Waals surface area contributed by atoms with E-state index in [1.165, 1.54) is 5.56 Å². The predicted molar refractivity (Wildman–Crippen MR) is 112 cm³/mol. The van der Waals surface area contributed by atoms with Gasteiger partial charge in [0, 0.05) is 18.3 Å². The molecule has 0 amide bonds. The molecule has 0 aliphatic rings. The minimum atomic E-state index is 0.136. The van der Waals surface area contributed by atoms with Gasteiger partial charge in [0.1, 0.15) is 30.1 Å². The molecule has 0 spiro atoms. The van der Waals surface area contributed by atoms with Gasteiger partial charge in [-0.3, -0.25) is 0 Å². The number of hydrogen-bond donors (Lipinski definition) is 3. The second kappa shape index (κ2) is 8.10. The van der Waals surface area contributed by atoms with Gasteiger partial charge in [0.25, 0.3) is 0 Å². The molecule has 0 radical (unpaired) electrons. The van der Waals surface area contributed by atoms with Crippen LogP contribution >= 0.6 is 0 Å². The van der Waals surface area contributed by atoms with Gasteiger partial charge in [-0.05, 0) is 48.4 Å². The minimum absolute atomic E-state index is 0.136. The highest BCUT2D eigenvalue weighted by atomic mass is 16.5. The molecule has 2 aromatic carbocycles. The highest BCUT2D eigenvalue weighted by Gasteiger charge is 2.12. The largest absolute Gasteiger partial charge is 0.492 e. The standard InChI is InChI=1S/C22H23N5O/c1-15(16-5-3-2-4-6-16)26-21-19-13-20(27-22(19)25-14-24-21)17-7-9-18(10-8-17)28-12-11-23/h2-10,13-15H,11-12,23H2,1H3,(H2,24,25,26,27)/t15-/m1/s1. The zero-order valence-electron chi connectivity index (χ0n) is 15.7. The Balaban J connectivity index is 1.60. The molecule has 2 heterocycles. The lowest BCUT2D eigenvalue weighted by atomic mass is 10.1. The quantitative estimate of drug-likeness (QED) is 0.453. The Hall–Kier alpha value is -3.38. The third-order valence-electron chi connectivity index (χ3n) is 4.63. The maximum absolute atomic E-state index is 5.54. The van der Waals surface area contributed by atoms with E-state index in [2.05, 4.69) is 45.4 Å². The van der Waals surface area contributed by atoms with Crippen LogP contribution in [0.3, 0.4) is 0 Å². The number of aromatic nitrogens is 3. The van der Waals surface area contributed by atoms with Crippen LogP contribution in [-0.2, 0) is 0 Å². The number of aromatic amines is 1. The molecule has 4 N–H and O–H groups in total. The molecule has 0 bridgehead atoms. The summed E-state index contributed by atoms with van der Waals surface area (Å²) in [6.07, 6.45) is 1.58. The first-order valence-corrected chi connectivity index (χ1v) is 9.33. The van der Waals surface area contributed by atoms with E-state index in [0.29, 0.717) is 13.2 Å². The third-order valence-corrected chi connectivity index (χ3v) is 4.63. The molecule has 4 aromatic rings. The van der Waals surface area contributed by atoms with Gasteiger partial charge < -0.3 is 20.8 Å². The highest BCUT2D eigenvalue weighted by molar-refractivity contribution is 5.91. The Morgan fingerprint density at radius 1 is 1.07 bits per heavy atom. The van der Waals surface area contributed by atoms with Gasteiger partial charge in [-0.25, -0.2) is 9.97 Å². The first-order valence-electron chi connectivity index (χ1n) is 9.33. The van der Waals surface area contributed by atoms with Crippen LogP contribution in [0.1, 0.15) is 18.5 Å². The summed E-state index contributed by atoms with van der Waals surface area (Å²) in [6, 6.07) is 20.4. The summed E-state index contributed by atoms with van der Waals surface area (Å²) >= 11 is 0. The van der Waals surface area contributed by atoms with E-state index in [-0.39, 0.29) is 6.04 Å². The number of anilines is 1. The number of hydrogen-bond acceptors (Lipinski definition) is 5. The predicted octanol–water partition coefficient (Wildman–Crippen LogP) is 4.14. The topological polar surface area (TPSA) is 88.8 Å². The second-order valence-electron chi connectivity index (χ2n) is 6.61. The van der Waals surface area contributed by atoms with Crippen LogP contribution < -0.4 is 15.8 Å². The molecule has 0 saturated carbocycles. The monoisotopic (exact) mass is 373 g/mol. The van der Waals surface area contributed by atoms with Crippen molar-refractivity contribution in [3.63, 3.8) is 0 Å². The molecule has 0 fully saturated rings. The van der Waals surface area contributed by atoms with Crippen molar-refractivity contribution in [2.24, 2.45) is 5.73 Å². The summed E-state index contributed by atoms with van der Waals surface area (Å²) in [5.74, 6) is 1.62. The lowest BCUT2D eigenvalue weighted by molar-refractivity contribution is 0.328. The van der Waals surface area contributed by atoms with Crippen LogP contribution in [0.25, 0.3) is 22.3 Å². The Bertz CT molecular complexity index is 1040. The number of benzene rings is 2. The van der Waals surface area contributed by atoms with Gasteiger partial charge in [-0.15, -0.1) is 0 Å². The summed E-state index contributed by atoms with van der Waals surface area (Å²) in [5.41, 5.74) is 9.52. The average molecular weight is 373 g/mol. The smallest absolute Gasteiger partial charge is 0.143 e. The van der Waals surface area contributed by atoms with Crippen molar-refractivity contribution in [3.8, 4) is 17.0 Å². The van der Waals surface area contributed by atoms with Crippen molar-refractivity contribution in [1.29, 1.82) is 0 Å². The van der Waals surface area contributed by atoms with Gasteiger partial charge >= 0.3 is 0 Å². The van der Waals surface area contributed by atoms with Crippen molar-refractivity contribution < 1.29 is 4.74 Å². The maximum Gasteiger partial charge on any atom is 0.143 e. The third kappa shape index (κ3) is 3.82. The van der Waals surface area contributed by atoms with Gasteiger partial charge in [0.2, 0.25) is 0 Å². The molecular formula is C22H23N5O. The number of H-pyrrole nitrogens is 1. The van der Waals surface area contributed by atoms with E-state index in [0.717, 1.165) is 33.9 Å². The summed E-state index contributed by atoms with van der Waals surface area (Å²) in [5, 5.41) is 4.46. The number of fused-ring (bicyclic) bond motifs is 1. The van der Waals surface area contributed by atoms with E-state index < -0.39 is 0 Å². The van der Waals surface area contributed by atoms with Gasteiger partial charge in [-0.1, -0.05) is 30.3 Å². The van der Waals surface area contributed by atoms with Crippen molar-refractivity contribution in [1.82, 2.24) is 15.0 Å². The molecule has 2 aromatic heterocycles. The SMILES string of the molecule is C[C@@H](Nc1ncnc2[nH]c(-c3ccc(OCCN)cc3)cc12)c1ccccc1. The molecular weight excluding hydrogens is 350 g/mol. The minimum Gasteiger partial charge on any atom is -0.492 e. The fourth-order valence-electron chi connectivity index (χ4n) is 3.15. The molecule has 0 saturated heterocycles. The van der Waals surface area contributed by atoms with Gasteiger partial charge in [-0.2, -0.15) is 0 Å². The van der Waals surface area contributed by atoms with E-state index in [4.69, 9.17) is 10.5 Å². The average Bonchev–Trinajstić information content (AvgIpc) is 3.18. The molecule has 6 heteroatoms. The number of nitrogens with two attached hydrogens (primary N) is 1. The molecule has 6 nitrogen and oxygen atoms in total. The van der Waals surface area contributed by atoms with Crippen molar-refractivity contribution in [3.05, 3.63) is 72.6 Å². The molecule has 28 heavy (non-hydrogen) atoms. The van der Waals surface area contributed by atoms with Crippen molar-refractivity contribution >= 4 is 16.9 Å². The lowest BCUT2D eigenvalue weighted by Gasteiger charge is -2.15. The fraction of sp³-hybridized carbons (Fsp3) is 0.182. The van der Waals surface area contributed by atoms with Gasteiger partial charge in [0.05, 0.1) is 5.39 Å². The first-order chi connectivity index (χ1) is 13.7. The molecule has 0 aliphatic heterocycles. The maximum atomic E-state index is 5.54. The zero-order valence-corrected chi connectivity index (χ0v) is 15.7. The summed E-state index contributed by atoms with van der Waals surface area (Å²) in [7, 11) is 0. The summed E-state index contributed by atoms with van der Waals surface area (Å²) in [6.45, 7) is 3.13. The molecule has 1 atom stereocenters. The van der Waals surface area contributed by atoms with Gasteiger partial charge in [0.15, 0.2) is 0 Å². The Labute approximate surface area is 163 Å². The lowest BCUT2D eigenvalue weighted by Crippen LogP contribution is -2.10. The fourth-order valence-corrected chi connectivity index (χ4v) is 3.15. The molecule has 0 aliphatic carbocycles. The number of nitrogens with one attached hydrogen (secondary N) is 2. The summed E-state index contributed by atoms with van der Waals surface area (Å²) in [4.78, 5) is 12.2. The number of nitrogens with zero attached hydrogens (tertiary/aromatic N) is 2. The number of ether oxygens (including phenoxy) is 1. The van der Waals surface area contributed by atoms with Crippen LogP contribution in [0, 0.1) is 0 Å².